The van der Waals surface area contributed by atoms with Crippen LogP contribution in [0.5, 0.6) is 0 Å². The molecule has 0 unspecified atom stereocenters. The van der Waals surface area contributed by atoms with Crippen molar-refractivity contribution in [2.24, 2.45) is 0 Å². The summed E-state index contributed by atoms with van der Waals surface area (Å²) in [7, 11) is 0. The molecule has 0 aromatic rings. The van der Waals surface area contributed by atoms with E-state index in [9.17, 15) is 4.79 Å². The fraction of sp³-hybridized carbons (Fsp3) is 0.962. The highest BCUT2D eigenvalue weighted by molar-refractivity contribution is 5.66. The molecule has 0 rings (SSSR count). The molecule has 0 aliphatic rings. The molecule has 0 bridgehead atoms. The van der Waals surface area contributed by atoms with Gasteiger partial charge in [0.15, 0.2) is 0 Å². The molecule has 1 N–H and O–H groups in total. The topological polar surface area (TPSA) is 65.5 Å². The fourth-order valence-corrected chi connectivity index (χ4v) is 4.17. The first-order valence-corrected chi connectivity index (χ1v) is 13.3. The molecule has 0 fully saturated rings. The third-order valence-corrected chi connectivity index (χ3v) is 6.15. The number of carbonyl (C=O) groups is 1. The summed E-state index contributed by atoms with van der Waals surface area (Å²) >= 11 is 0. The van der Waals surface area contributed by atoms with Crippen molar-refractivity contribution in [3.05, 3.63) is 4.98 Å². The van der Waals surface area contributed by atoms with E-state index in [-0.39, 0.29) is 0 Å². The standard InChI is InChI=1S/C26H50N2O2/c27-28-25-23-21-19-17-15-13-11-9-7-5-3-1-2-4-6-8-10-12-14-16-18-20-22-24-26(29)30/h1-25H2/p+1. The normalized spacial score (nSPS) is 10.9. The molecule has 0 aliphatic carbocycles. The van der Waals surface area contributed by atoms with Gasteiger partial charge in [-0.2, -0.15) is 0 Å². The van der Waals surface area contributed by atoms with E-state index in [0.29, 0.717) is 13.0 Å². The molecule has 0 spiro atoms. The highest BCUT2D eigenvalue weighted by Gasteiger charge is 1.98. The molecular formula is C26H51N2O2+. The molecular weight excluding hydrogens is 372 g/mol. The Bertz CT molecular complexity index is 393. The molecule has 0 aromatic heterocycles. The van der Waals surface area contributed by atoms with Crippen molar-refractivity contribution in [2.45, 2.75) is 154 Å². The van der Waals surface area contributed by atoms with Gasteiger partial charge in [0.25, 0.3) is 0 Å². The fourth-order valence-electron chi connectivity index (χ4n) is 4.17. The summed E-state index contributed by atoms with van der Waals surface area (Å²) in [5.41, 5.74) is 0. The predicted octanol–water partition coefficient (Wildman–Crippen LogP) is 9.29. The molecule has 0 heterocycles. The minimum atomic E-state index is -0.656. The number of unbranched alkanes of at least 4 members (excludes halogenated alkanes) is 22. The van der Waals surface area contributed by atoms with Gasteiger partial charge in [-0.15, -0.1) is 0 Å². The Morgan fingerprint density at radius 2 is 0.700 bits per heavy atom. The summed E-state index contributed by atoms with van der Waals surface area (Å²) in [5, 5.41) is 17.0. The van der Waals surface area contributed by atoms with Gasteiger partial charge in [0, 0.05) is 12.8 Å². The maximum absolute atomic E-state index is 10.4. The second-order valence-electron chi connectivity index (χ2n) is 9.14. The minimum Gasteiger partial charge on any atom is -0.481 e. The van der Waals surface area contributed by atoms with Crippen LogP contribution in [-0.2, 0) is 4.79 Å². The predicted molar refractivity (Wildman–Crippen MR) is 128 cm³/mol. The first-order chi connectivity index (χ1) is 14.8. The highest BCUT2D eigenvalue weighted by Crippen LogP contribution is 2.15. The molecule has 0 amide bonds. The van der Waals surface area contributed by atoms with Gasteiger partial charge in [-0.1, -0.05) is 128 Å². The smallest absolute Gasteiger partial charge is 0.305 e. The van der Waals surface area contributed by atoms with Gasteiger partial charge in [-0.3, -0.25) is 4.79 Å². The Labute approximate surface area is 187 Å². The zero-order valence-corrected chi connectivity index (χ0v) is 19.9. The van der Waals surface area contributed by atoms with Crippen LogP contribution >= 0.6 is 0 Å². The Balaban J connectivity index is 3.00. The number of hydrogen-bond acceptors (Lipinski definition) is 2. The van der Waals surface area contributed by atoms with Crippen LogP contribution in [0.3, 0.4) is 0 Å². The summed E-state index contributed by atoms with van der Waals surface area (Å²) < 4.78 is 0. The van der Waals surface area contributed by atoms with Gasteiger partial charge in [-0.25, -0.2) is 0 Å². The molecule has 0 atom stereocenters. The van der Waals surface area contributed by atoms with Gasteiger partial charge in [0.05, 0.1) is 0 Å². The number of nitrogens with zero attached hydrogens (tertiary/aromatic N) is 2. The summed E-state index contributed by atoms with van der Waals surface area (Å²) in [6.45, 7) is 0.611. The number of hydrogen-bond donors (Lipinski definition) is 1. The first kappa shape index (κ1) is 28.9. The maximum Gasteiger partial charge on any atom is 0.305 e. The van der Waals surface area contributed by atoms with E-state index in [2.05, 4.69) is 4.98 Å². The molecule has 4 nitrogen and oxygen atoms in total. The quantitative estimate of drug-likeness (QED) is 0.117. The largest absolute Gasteiger partial charge is 0.481 e. The van der Waals surface area contributed by atoms with Crippen LogP contribution in [0.4, 0.5) is 0 Å². The van der Waals surface area contributed by atoms with Gasteiger partial charge >= 0.3 is 12.5 Å². The van der Waals surface area contributed by atoms with Gasteiger partial charge in [0.2, 0.25) is 5.39 Å². The van der Waals surface area contributed by atoms with Crippen LogP contribution in [0.2, 0.25) is 0 Å². The van der Waals surface area contributed by atoms with Crippen LogP contribution in [0, 0.1) is 5.39 Å². The van der Waals surface area contributed by atoms with E-state index >= 15 is 0 Å². The van der Waals surface area contributed by atoms with E-state index in [1.54, 1.807) is 0 Å². The lowest BCUT2D eigenvalue weighted by atomic mass is 10.0. The third-order valence-electron chi connectivity index (χ3n) is 6.15. The average molecular weight is 424 g/mol. The Hall–Kier alpha value is -1.11. The maximum atomic E-state index is 10.4. The van der Waals surface area contributed by atoms with Gasteiger partial charge < -0.3 is 5.11 Å². The van der Waals surface area contributed by atoms with Crippen molar-refractivity contribution >= 4 is 5.97 Å². The Kier molecular flexibility index (Phi) is 25.0. The van der Waals surface area contributed by atoms with Gasteiger partial charge in [-0.05, 0) is 12.8 Å². The van der Waals surface area contributed by atoms with Crippen molar-refractivity contribution < 1.29 is 9.90 Å². The summed E-state index contributed by atoms with van der Waals surface area (Å²) in [5.74, 6) is -0.656. The van der Waals surface area contributed by atoms with Crippen molar-refractivity contribution in [3.8, 4) is 0 Å². The number of rotatable bonds is 25. The minimum absolute atomic E-state index is 0.339. The first-order valence-electron chi connectivity index (χ1n) is 13.3. The number of diazo groups is 1. The lowest BCUT2D eigenvalue weighted by Gasteiger charge is -2.04. The van der Waals surface area contributed by atoms with Crippen molar-refractivity contribution in [2.75, 3.05) is 6.54 Å². The summed E-state index contributed by atoms with van der Waals surface area (Å²) in [6.07, 6.45) is 30.7. The Morgan fingerprint density at radius 1 is 0.467 bits per heavy atom. The lowest BCUT2D eigenvalue weighted by molar-refractivity contribution is -0.137. The zero-order valence-electron chi connectivity index (χ0n) is 19.9. The van der Waals surface area contributed by atoms with Crippen LogP contribution < -0.4 is 0 Å². The molecule has 4 heteroatoms. The van der Waals surface area contributed by atoms with Crippen molar-refractivity contribution in [1.29, 1.82) is 5.39 Å². The lowest BCUT2D eigenvalue weighted by Crippen LogP contribution is -1.93. The highest BCUT2D eigenvalue weighted by atomic mass is 16.4. The van der Waals surface area contributed by atoms with E-state index in [1.165, 1.54) is 128 Å². The molecule has 176 valence electrons. The molecule has 30 heavy (non-hydrogen) atoms. The zero-order chi connectivity index (χ0) is 22.0. The van der Waals surface area contributed by atoms with Gasteiger partial charge in [0.1, 0.15) is 4.98 Å². The van der Waals surface area contributed by atoms with E-state index in [4.69, 9.17) is 10.5 Å². The monoisotopic (exact) mass is 423 g/mol. The summed E-state index contributed by atoms with van der Waals surface area (Å²) in [4.78, 5) is 13.6. The molecule has 0 saturated heterocycles. The van der Waals surface area contributed by atoms with Crippen LogP contribution in [-0.4, -0.2) is 17.6 Å². The molecule has 0 aromatic carbocycles. The SMILES string of the molecule is N#[N+]CCCCCCCCCCCCCCCCCCCCCCCCCC(=O)O. The van der Waals surface area contributed by atoms with Crippen molar-refractivity contribution in [3.63, 3.8) is 0 Å². The molecule has 0 saturated carbocycles. The number of carboxylic acid groups (broad SMARTS) is 1. The van der Waals surface area contributed by atoms with E-state index < -0.39 is 5.97 Å². The summed E-state index contributed by atoms with van der Waals surface area (Å²) in [6, 6.07) is 0. The number of aliphatic carboxylic acids is 1. The molecule has 0 radical (unpaired) electrons. The van der Waals surface area contributed by atoms with Crippen molar-refractivity contribution in [1.82, 2.24) is 0 Å². The second-order valence-corrected chi connectivity index (χ2v) is 9.14. The van der Waals surface area contributed by atoms with Crippen LogP contribution in [0.25, 0.3) is 4.98 Å². The van der Waals surface area contributed by atoms with Crippen LogP contribution in [0.1, 0.15) is 154 Å². The van der Waals surface area contributed by atoms with Crippen LogP contribution in [0.15, 0.2) is 0 Å². The van der Waals surface area contributed by atoms with E-state index in [0.717, 1.165) is 19.3 Å². The van der Waals surface area contributed by atoms with E-state index in [1.807, 2.05) is 0 Å². The second kappa shape index (κ2) is 25.9. The number of carboxylic acids is 1. The Morgan fingerprint density at radius 3 is 0.933 bits per heavy atom. The third kappa shape index (κ3) is 26.9. The molecule has 0 aliphatic heterocycles. The average Bonchev–Trinajstić information content (AvgIpc) is 2.73.